The van der Waals surface area contributed by atoms with E-state index in [1.54, 1.807) is 6.07 Å². The molecule has 5 heteroatoms. The zero-order valence-corrected chi connectivity index (χ0v) is 21.7. The number of H-pyrrole nitrogens is 1. The topological polar surface area (TPSA) is 48.1 Å². The number of aromatic nitrogens is 1. The molecule has 0 aliphatic carbocycles. The number of carbonyl (C=O) groups is 1. The molecule has 2 unspecified atom stereocenters. The fourth-order valence-corrected chi connectivity index (χ4v) is 5.97. The van der Waals surface area contributed by atoms with Crippen molar-refractivity contribution in [3.63, 3.8) is 0 Å². The Hall–Kier alpha value is -3.18. The molecule has 0 radical (unpaired) electrons. The lowest BCUT2D eigenvalue weighted by Crippen LogP contribution is -2.24. The summed E-state index contributed by atoms with van der Waals surface area (Å²) in [6.45, 7) is 12.2. The lowest BCUT2D eigenvalue weighted by atomic mass is 9.88. The predicted octanol–water partition coefficient (Wildman–Crippen LogP) is 7.19. The van der Waals surface area contributed by atoms with E-state index in [0.717, 1.165) is 46.5 Å². The standard InChI is InChI=1S/C31H36FN3O/c1-5-23-13-15-35(14-12-19(23)2)18-22-6-8-24(9-7-22)30-20(3)29(33-21(30)4)17-27-26-16-25(32)10-11-28(26)34-31(27)36/h6-11,16-17,19,23,33H,5,12-15,18H2,1-4H3,(H,34,36)/b27-17+. The average Bonchev–Trinajstić information content (AvgIpc) is 3.24. The predicted molar refractivity (Wildman–Crippen MR) is 146 cm³/mol. The highest BCUT2D eigenvalue weighted by Crippen LogP contribution is 2.36. The molecule has 2 N–H and O–H groups in total. The average molecular weight is 486 g/mol. The molecule has 1 saturated heterocycles. The molecule has 0 bridgehead atoms. The van der Waals surface area contributed by atoms with Gasteiger partial charge in [0.2, 0.25) is 0 Å². The van der Waals surface area contributed by atoms with Crippen molar-refractivity contribution in [2.24, 2.45) is 11.8 Å². The van der Waals surface area contributed by atoms with Crippen LogP contribution in [0.15, 0.2) is 42.5 Å². The molecule has 5 rings (SSSR count). The van der Waals surface area contributed by atoms with Gasteiger partial charge in [0.05, 0.1) is 5.57 Å². The third-order valence-corrected chi connectivity index (χ3v) is 8.22. The summed E-state index contributed by atoms with van der Waals surface area (Å²) in [5.41, 5.74) is 8.39. The molecule has 2 aliphatic heterocycles. The Morgan fingerprint density at radius 1 is 1.08 bits per heavy atom. The van der Waals surface area contributed by atoms with Crippen LogP contribution in [0.25, 0.3) is 22.8 Å². The van der Waals surface area contributed by atoms with Gasteiger partial charge in [0.1, 0.15) is 5.82 Å². The highest BCUT2D eigenvalue weighted by atomic mass is 19.1. The Bertz CT molecular complexity index is 1300. The number of halogens is 1. The molecule has 2 aliphatic rings. The maximum absolute atomic E-state index is 13.8. The lowest BCUT2D eigenvalue weighted by molar-refractivity contribution is -0.110. The summed E-state index contributed by atoms with van der Waals surface area (Å²) in [5, 5.41) is 2.83. The highest BCUT2D eigenvalue weighted by Gasteiger charge is 2.26. The van der Waals surface area contributed by atoms with Gasteiger partial charge >= 0.3 is 0 Å². The first-order valence-electron chi connectivity index (χ1n) is 13.2. The first-order valence-corrected chi connectivity index (χ1v) is 13.2. The number of hydrogen-bond acceptors (Lipinski definition) is 2. The number of fused-ring (bicyclic) bond motifs is 1. The summed E-state index contributed by atoms with van der Waals surface area (Å²) in [6, 6.07) is 13.3. The van der Waals surface area contributed by atoms with Crippen LogP contribution >= 0.6 is 0 Å². The molecule has 0 saturated carbocycles. The molecule has 188 valence electrons. The monoisotopic (exact) mass is 485 g/mol. The molecule has 2 aromatic carbocycles. The van der Waals surface area contributed by atoms with E-state index >= 15 is 0 Å². The molecular weight excluding hydrogens is 449 g/mol. The van der Waals surface area contributed by atoms with Crippen molar-refractivity contribution in [3.8, 4) is 11.1 Å². The van der Waals surface area contributed by atoms with Gasteiger partial charge < -0.3 is 10.3 Å². The third kappa shape index (κ3) is 4.77. The van der Waals surface area contributed by atoms with Crippen molar-refractivity contribution in [2.75, 3.05) is 18.4 Å². The first kappa shape index (κ1) is 24.5. The molecule has 1 fully saturated rings. The first-order chi connectivity index (χ1) is 17.3. The number of carbonyl (C=O) groups excluding carboxylic acids is 1. The second kappa shape index (κ2) is 10.1. The van der Waals surface area contributed by atoms with E-state index in [1.165, 1.54) is 50.0 Å². The molecule has 3 heterocycles. The number of nitrogens with one attached hydrogen (secondary N) is 2. The zero-order valence-electron chi connectivity index (χ0n) is 21.7. The van der Waals surface area contributed by atoms with Crippen molar-refractivity contribution in [3.05, 3.63) is 76.4 Å². The molecule has 3 aromatic rings. The van der Waals surface area contributed by atoms with Crippen molar-refractivity contribution in [1.82, 2.24) is 9.88 Å². The van der Waals surface area contributed by atoms with Crippen molar-refractivity contribution >= 4 is 23.2 Å². The molecule has 4 nitrogen and oxygen atoms in total. The van der Waals surface area contributed by atoms with Crippen molar-refractivity contribution in [1.29, 1.82) is 0 Å². The second-order valence-electron chi connectivity index (χ2n) is 10.6. The normalized spacial score (nSPS) is 21.5. The van der Waals surface area contributed by atoms with Crippen LogP contribution in [0.1, 0.15) is 61.2 Å². The van der Waals surface area contributed by atoms with E-state index in [-0.39, 0.29) is 11.7 Å². The minimum Gasteiger partial charge on any atom is -0.358 e. The number of anilines is 1. The molecule has 1 amide bonds. The number of rotatable bonds is 5. The van der Waals surface area contributed by atoms with E-state index in [0.29, 0.717) is 16.8 Å². The van der Waals surface area contributed by atoms with Crippen LogP contribution in [0, 0.1) is 31.5 Å². The smallest absolute Gasteiger partial charge is 0.256 e. The summed E-state index contributed by atoms with van der Waals surface area (Å²) >= 11 is 0. The van der Waals surface area contributed by atoms with Gasteiger partial charge in [0.15, 0.2) is 0 Å². The van der Waals surface area contributed by atoms with E-state index in [1.807, 2.05) is 6.08 Å². The van der Waals surface area contributed by atoms with Gasteiger partial charge in [-0.05, 0) is 92.6 Å². The van der Waals surface area contributed by atoms with Gasteiger partial charge in [0, 0.05) is 34.7 Å². The van der Waals surface area contributed by atoms with Gasteiger partial charge in [-0.25, -0.2) is 4.39 Å². The molecule has 36 heavy (non-hydrogen) atoms. The minimum atomic E-state index is -0.351. The van der Waals surface area contributed by atoms with Gasteiger partial charge in [-0.3, -0.25) is 9.69 Å². The van der Waals surface area contributed by atoms with Crippen molar-refractivity contribution < 1.29 is 9.18 Å². The summed E-state index contributed by atoms with van der Waals surface area (Å²) in [7, 11) is 0. The largest absolute Gasteiger partial charge is 0.358 e. The fourth-order valence-electron chi connectivity index (χ4n) is 5.97. The number of benzene rings is 2. The van der Waals surface area contributed by atoms with Crippen LogP contribution in [0.5, 0.6) is 0 Å². The van der Waals surface area contributed by atoms with E-state index in [2.05, 4.69) is 67.2 Å². The molecule has 2 atom stereocenters. The summed E-state index contributed by atoms with van der Waals surface area (Å²) < 4.78 is 13.8. The Morgan fingerprint density at radius 3 is 2.58 bits per heavy atom. The summed E-state index contributed by atoms with van der Waals surface area (Å²) in [4.78, 5) is 18.6. The molecular formula is C31H36FN3O. The quantitative estimate of drug-likeness (QED) is 0.376. The van der Waals surface area contributed by atoms with Crippen LogP contribution < -0.4 is 5.32 Å². The highest BCUT2D eigenvalue weighted by molar-refractivity contribution is 6.34. The Kier molecular flexibility index (Phi) is 6.85. The lowest BCUT2D eigenvalue weighted by Gasteiger charge is -2.20. The van der Waals surface area contributed by atoms with Crippen LogP contribution in [0.2, 0.25) is 0 Å². The number of aryl methyl sites for hydroxylation is 1. The summed E-state index contributed by atoms with van der Waals surface area (Å²) in [6.07, 6.45) is 5.70. The number of aromatic amines is 1. The Morgan fingerprint density at radius 2 is 1.83 bits per heavy atom. The van der Waals surface area contributed by atoms with Crippen LogP contribution in [0.3, 0.4) is 0 Å². The zero-order chi connectivity index (χ0) is 25.4. The SMILES string of the molecule is CCC1CCN(Cc2ccc(-c3c(C)[nH]c(/C=C4/C(=O)Nc5ccc(F)cc54)c3C)cc2)CCC1C. The number of nitrogens with zero attached hydrogens (tertiary/aromatic N) is 1. The Labute approximate surface area is 213 Å². The van der Waals surface area contributed by atoms with Crippen molar-refractivity contribution in [2.45, 2.75) is 53.5 Å². The van der Waals surface area contributed by atoms with Gasteiger partial charge in [-0.1, -0.05) is 44.5 Å². The number of amides is 1. The van der Waals surface area contributed by atoms with Crippen LogP contribution in [-0.4, -0.2) is 28.9 Å². The minimum absolute atomic E-state index is 0.207. The Balaban J connectivity index is 1.36. The van der Waals surface area contributed by atoms with Gasteiger partial charge in [-0.2, -0.15) is 0 Å². The molecule has 0 spiro atoms. The van der Waals surface area contributed by atoms with Crippen LogP contribution in [-0.2, 0) is 11.3 Å². The van der Waals surface area contributed by atoms with E-state index in [4.69, 9.17) is 0 Å². The molecule has 1 aromatic heterocycles. The van der Waals surface area contributed by atoms with Gasteiger partial charge in [-0.15, -0.1) is 0 Å². The fraction of sp³-hybridized carbons (Fsp3) is 0.387. The maximum Gasteiger partial charge on any atom is 0.256 e. The van der Waals surface area contributed by atoms with E-state index in [9.17, 15) is 9.18 Å². The summed E-state index contributed by atoms with van der Waals surface area (Å²) in [5.74, 6) is 1.11. The maximum atomic E-state index is 13.8. The van der Waals surface area contributed by atoms with Crippen LogP contribution in [0.4, 0.5) is 10.1 Å². The number of hydrogen-bond donors (Lipinski definition) is 2. The van der Waals surface area contributed by atoms with E-state index < -0.39 is 0 Å². The third-order valence-electron chi connectivity index (χ3n) is 8.22. The number of likely N-dealkylation sites (tertiary alicyclic amines) is 1. The second-order valence-corrected chi connectivity index (χ2v) is 10.6. The van der Waals surface area contributed by atoms with Gasteiger partial charge in [0.25, 0.3) is 5.91 Å².